The number of carbonyl (C=O) groups is 2. The molecule has 0 aliphatic rings. The second-order valence-corrected chi connectivity index (χ2v) is 7.85. The van der Waals surface area contributed by atoms with E-state index in [0.29, 0.717) is 5.69 Å². The van der Waals surface area contributed by atoms with Crippen LogP contribution in [-0.2, 0) is 26.1 Å². The quantitative estimate of drug-likeness (QED) is 0.472. The highest BCUT2D eigenvalue weighted by molar-refractivity contribution is 7.92. The van der Waals surface area contributed by atoms with Crippen LogP contribution in [0.25, 0.3) is 5.69 Å². The minimum absolute atomic E-state index is 0.0439. The molecule has 0 saturated carbocycles. The zero-order valence-corrected chi connectivity index (χ0v) is 17.3. The summed E-state index contributed by atoms with van der Waals surface area (Å²) in [5.41, 5.74) is 0.175. The Balaban J connectivity index is 1.77. The smallest absolute Gasteiger partial charge is 0.368 e. The number of methoxy groups -OCH3 is 1. The maximum Gasteiger partial charge on any atom is 0.368 e. The van der Waals surface area contributed by atoms with Crippen LogP contribution in [0.5, 0.6) is 0 Å². The standard InChI is InChI=1S/C18H18N6O6S/c1-19-16(25)11-23-18(27)24(22-21-23)14-7-5-13(6-8-14)20-31(28,29)15-9-3-12(4-10-15)17(26)30-2/h3-10,20H,11H2,1-2H3,(H,19,25). The second-order valence-electron chi connectivity index (χ2n) is 6.17. The van der Waals surface area contributed by atoms with Crippen LogP contribution in [0.4, 0.5) is 5.69 Å². The van der Waals surface area contributed by atoms with Gasteiger partial charge in [-0.25, -0.2) is 18.0 Å². The van der Waals surface area contributed by atoms with Gasteiger partial charge in [-0.2, -0.15) is 9.36 Å². The molecule has 0 spiro atoms. The van der Waals surface area contributed by atoms with Crippen molar-refractivity contribution in [1.29, 1.82) is 0 Å². The summed E-state index contributed by atoms with van der Waals surface area (Å²) in [6, 6.07) is 11.1. The molecule has 13 heteroatoms. The van der Waals surface area contributed by atoms with Crippen molar-refractivity contribution in [3.8, 4) is 5.69 Å². The third kappa shape index (κ3) is 4.78. The Kier molecular flexibility index (Phi) is 6.15. The molecule has 162 valence electrons. The molecular weight excluding hydrogens is 428 g/mol. The number of likely N-dealkylation sites (N-methyl/N-ethyl adjacent to an activating group) is 1. The van der Waals surface area contributed by atoms with Crippen molar-refractivity contribution in [2.24, 2.45) is 0 Å². The molecule has 1 aromatic heterocycles. The maximum absolute atomic E-state index is 12.5. The minimum Gasteiger partial charge on any atom is -0.465 e. The predicted molar refractivity (Wildman–Crippen MR) is 108 cm³/mol. The van der Waals surface area contributed by atoms with Crippen LogP contribution in [0.2, 0.25) is 0 Å². The largest absolute Gasteiger partial charge is 0.465 e. The SMILES string of the molecule is CNC(=O)Cn1nnn(-c2ccc(NS(=O)(=O)c3ccc(C(=O)OC)cc3)cc2)c1=O. The van der Waals surface area contributed by atoms with Crippen molar-refractivity contribution in [3.63, 3.8) is 0 Å². The zero-order valence-electron chi connectivity index (χ0n) is 16.5. The van der Waals surface area contributed by atoms with E-state index in [1.807, 2.05) is 0 Å². The molecule has 12 nitrogen and oxygen atoms in total. The summed E-state index contributed by atoms with van der Waals surface area (Å²) in [5.74, 6) is -0.978. The predicted octanol–water partition coefficient (Wildman–Crippen LogP) is -0.238. The van der Waals surface area contributed by atoms with E-state index in [1.165, 1.54) is 62.7 Å². The van der Waals surface area contributed by atoms with Crippen molar-refractivity contribution in [3.05, 3.63) is 64.6 Å². The molecule has 0 saturated heterocycles. The maximum atomic E-state index is 12.5. The molecule has 2 aromatic carbocycles. The molecule has 0 aliphatic heterocycles. The minimum atomic E-state index is -3.91. The first kappa shape index (κ1) is 21.7. The summed E-state index contributed by atoms with van der Waals surface area (Å²) in [5, 5.41) is 9.73. The highest BCUT2D eigenvalue weighted by atomic mass is 32.2. The van der Waals surface area contributed by atoms with Gasteiger partial charge in [0.15, 0.2) is 0 Å². The lowest BCUT2D eigenvalue weighted by atomic mass is 10.2. The molecule has 0 atom stereocenters. The number of esters is 1. The molecule has 2 N–H and O–H groups in total. The number of tetrazole rings is 1. The van der Waals surface area contributed by atoms with Crippen LogP contribution in [0.1, 0.15) is 10.4 Å². The van der Waals surface area contributed by atoms with Gasteiger partial charge in [-0.1, -0.05) is 0 Å². The highest BCUT2D eigenvalue weighted by Crippen LogP contribution is 2.18. The van der Waals surface area contributed by atoms with E-state index in [0.717, 1.165) is 9.36 Å². The molecule has 0 fully saturated rings. The Morgan fingerprint density at radius 3 is 2.26 bits per heavy atom. The molecule has 3 rings (SSSR count). The Labute approximate surface area is 176 Å². The van der Waals surface area contributed by atoms with Crippen LogP contribution >= 0.6 is 0 Å². The number of anilines is 1. The molecule has 3 aromatic rings. The summed E-state index contributed by atoms with van der Waals surface area (Å²) in [6.45, 7) is -0.276. The van der Waals surface area contributed by atoms with Crippen molar-refractivity contribution >= 4 is 27.6 Å². The van der Waals surface area contributed by atoms with Crippen molar-refractivity contribution in [2.75, 3.05) is 18.9 Å². The molecule has 31 heavy (non-hydrogen) atoms. The summed E-state index contributed by atoms with van der Waals surface area (Å²) >= 11 is 0. The van der Waals surface area contributed by atoms with E-state index in [9.17, 15) is 22.8 Å². The van der Waals surface area contributed by atoms with E-state index in [2.05, 4.69) is 25.2 Å². The van der Waals surface area contributed by atoms with E-state index in [-0.39, 0.29) is 22.7 Å². The van der Waals surface area contributed by atoms with Gasteiger partial charge in [-0.15, -0.1) is 0 Å². The summed E-state index contributed by atoms with van der Waals surface area (Å²) in [7, 11) is -1.24. The summed E-state index contributed by atoms with van der Waals surface area (Å²) in [4.78, 5) is 35.1. The van der Waals surface area contributed by atoms with E-state index in [1.54, 1.807) is 0 Å². The molecule has 0 aliphatic carbocycles. The fraction of sp³-hybridized carbons (Fsp3) is 0.167. The highest BCUT2D eigenvalue weighted by Gasteiger charge is 2.16. The Hall–Kier alpha value is -4.00. The van der Waals surface area contributed by atoms with Gasteiger partial charge >= 0.3 is 11.7 Å². The first-order valence-electron chi connectivity index (χ1n) is 8.80. The molecule has 0 radical (unpaired) electrons. The third-order valence-electron chi connectivity index (χ3n) is 4.16. The lowest BCUT2D eigenvalue weighted by Gasteiger charge is -2.09. The monoisotopic (exact) mass is 446 g/mol. The lowest BCUT2D eigenvalue weighted by molar-refractivity contribution is -0.121. The van der Waals surface area contributed by atoms with Crippen LogP contribution in [0.3, 0.4) is 0 Å². The third-order valence-corrected chi connectivity index (χ3v) is 5.56. The first-order valence-corrected chi connectivity index (χ1v) is 10.3. The number of nitrogens with zero attached hydrogens (tertiary/aromatic N) is 4. The number of ether oxygens (including phenoxy) is 1. The number of amides is 1. The fourth-order valence-corrected chi connectivity index (χ4v) is 3.58. The van der Waals surface area contributed by atoms with Crippen molar-refractivity contribution in [2.45, 2.75) is 11.4 Å². The van der Waals surface area contributed by atoms with Gasteiger partial charge in [-0.05, 0) is 59.0 Å². The first-order chi connectivity index (χ1) is 14.7. The van der Waals surface area contributed by atoms with Gasteiger partial charge in [-0.3, -0.25) is 9.52 Å². The van der Waals surface area contributed by atoms with Gasteiger partial charge in [0.1, 0.15) is 6.54 Å². The van der Waals surface area contributed by atoms with E-state index < -0.39 is 27.6 Å². The van der Waals surface area contributed by atoms with Gasteiger partial charge < -0.3 is 10.1 Å². The molecule has 0 bridgehead atoms. The van der Waals surface area contributed by atoms with Crippen molar-refractivity contribution < 1.29 is 22.7 Å². The number of hydrogen-bond acceptors (Lipinski definition) is 8. The average Bonchev–Trinajstić information content (AvgIpc) is 3.13. The van der Waals surface area contributed by atoms with Crippen LogP contribution in [-0.4, -0.2) is 54.2 Å². The van der Waals surface area contributed by atoms with E-state index in [4.69, 9.17) is 0 Å². The van der Waals surface area contributed by atoms with Crippen LogP contribution in [0, 0.1) is 0 Å². The average molecular weight is 446 g/mol. The number of sulfonamides is 1. The zero-order chi connectivity index (χ0) is 22.6. The summed E-state index contributed by atoms with van der Waals surface area (Å²) in [6.07, 6.45) is 0. The van der Waals surface area contributed by atoms with Gasteiger partial charge in [0.05, 0.1) is 23.3 Å². The van der Waals surface area contributed by atoms with E-state index >= 15 is 0 Å². The number of carbonyl (C=O) groups excluding carboxylic acids is 2. The number of aromatic nitrogens is 4. The molecular formula is C18H18N6O6S. The number of rotatable bonds is 7. The molecule has 1 heterocycles. The van der Waals surface area contributed by atoms with Crippen LogP contribution < -0.4 is 15.7 Å². The van der Waals surface area contributed by atoms with Gasteiger partial charge in [0, 0.05) is 12.7 Å². The Morgan fingerprint density at radius 2 is 1.68 bits per heavy atom. The fourth-order valence-electron chi connectivity index (χ4n) is 2.52. The van der Waals surface area contributed by atoms with Crippen molar-refractivity contribution in [1.82, 2.24) is 25.1 Å². The molecule has 1 amide bonds. The van der Waals surface area contributed by atoms with Gasteiger partial charge in [0.25, 0.3) is 10.0 Å². The Morgan fingerprint density at radius 1 is 1.03 bits per heavy atom. The normalized spacial score (nSPS) is 11.0. The number of nitrogens with one attached hydrogen (secondary N) is 2. The van der Waals surface area contributed by atoms with Gasteiger partial charge in [0.2, 0.25) is 5.91 Å². The Bertz CT molecular complexity index is 1260. The number of benzene rings is 2. The number of hydrogen-bond donors (Lipinski definition) is 2. The summed E-state index contributed by atoms with van der Waals surface area (Å²) < 4.78 is 34.0. The topological polar surface area (TPSA) is 154 Å². The second kappa shape index (κ2) is 8.79. The van der Waals surface area contributed by atoms with Crippen LogP contribution in [0.15, 0.2) is 58.2 Å². The molecule has 0 unspecified atom stereocenters. The lowest BCUT2D eigenvalue weighted by Crippen LogP contribution is -2.31.